The third-order valence-electron chi connectivity index (χ3n) is 5.97. The van der Waals surface area contributed by atoms with Crippen LogP contribution in [0.25, 0.3) is 0 Å². The quantitative estimate of drug-likeness (QED) is 0.291. The number of hydrogen-bond donors (Lipinski definition) is 0. The van der Waals surface area contributed by atoms with Gasteiger partial charge in [0, 0.05) is 0 Å². The molecule has 3 unspecified atom stereocenters. The topological polar surface area (TPSA) is 116 Å². The van der Waals surface area contributed by atoms with Crippen molar-refractivity contribution < 1.29 is 18.8 Å². The van der Waals surface area contributed by atoms with Gasteiger partial charge >= 0.3 is 0 Å². The van der Waals surface area contributed by atoms with Gasteiger partial charge in [-0.1, -0.05) is 57.2 Å². The van der Waals surface area contributed by atoms with E-state index in [4.69, 9.17) is 14.2 Å². The molecule has 194 valence electrons. The lowest BCUT2D eigenvalue weighted by Crippen LogP contribution is -2.31. The predicted octanol–water partition coefficient (Wildman–Crippen LogP) is 5.37. The first-order chi connectivity index (χ1) is 18.5. The van der Waals surface area contributed by atoms with Crippen molar-refractivity contribution in [3.63, 3.8) is 0 Å². The Labute approximate surface area is 224 Å². The van der Waals surface area contributed by atoms with Gasteiger partial charge in [-0.3, -0.25) is 0 Å². The fraction of sp³-hybridized carbons (Fsp3) is 0.300. The number of hydrogen-bond acceptors (Lipinski definition) is 7. The number of ether oxygens (including phenoxy) is 3. The van der Waals surface area contributed by atoms with E-state index in [1.165, 1.54) is 0 Å². The molecule has 0 spiro atoms. The SMILES string of the molecule is CCC(C#N)Oc1ccccc1P(=O)(c1ccccc1OC(C#N)CC)c1ccccc1OC(C#N)CC. The van der Waals surface area contributed by atoms with Gasteiger partial charge in [0.2, 0.25) is 0 Å². The molecule has 0 amide bonds. The lowest BCUT2D eigenvalue weighted by atomic mass is 10.3. The van der Waals surface area contributed by atoms with Gasteiger partial charge in [-0.05, 0) is 55.7 Å². The van der Waals surface area contributed by atoms with Gasteiger partial charge < -0.3 is 18.8 Å². The number of benzene rings is 3. The van der Waals surface area contributed by atoms with Gasteiger partial charge in [-0.2, -0.15) is 15.8 Å². The summed E-state index contributed by atoms with van der Waals surface area (Å²) < 4.78 is 33.8. The molecule has 0 aliphatic rings. The molecule has 3 aromatic carbocycles. The molecule has 38 heavy (non-hydrogen) atoms. The number of nitrogens with zero attached hydrogens (tertiary/aromatic N) is 3. The summed E-state index contributed by atoms with van der Waals surface area (Å²) in [4.78, 5) is 0. The molecule has 8 heteroatoms. The van der Waals surface area contributed by atoms with Crippen LogP contribution in [0.15, 0.2) is 72.8 Å². The van der Waals surface area contributed by atoms with E-state index in [0.717, 1.165) is 0 Å². The van der Waals surface area contributed by atoms with Gasteiger partial charge in [-0.25, -0.2) is 0 Å². The van der Waals surface area contributed by atoms with Crippen LogP contribution >= 0.6 is 7.14 Å². The first-order valence-corrected chi connectivity index (χ1v) is 14.2. The third kappa shape index (κ3) is 6.00. The molecule has 0 N–H and O–H groups in total. The minimum Gasteiger partial charge on any atom is -0.475 e. The summed E-state index contributed by atoms with van der Waals surface area (Å²) >= 11 is 0. The van der Waals surface area contributed by atoms with Crippen molar-refractivity contribution in [2.75, 3.05) is 0 Å². The normalized spacial score (nSPS) is 14.4. The summed E-state index contributed by atoms with van der Waals surface area (Å²) in [5.74, 6) is 0.899. The average Bonchev–Trinajstić information content (AvgIpc) is 2.97. The maximum absolute atomic E-state index is 15.7. The molecule has 3 rings (SSSR count). The van der Waals surface area contributed by atoms with Crippen LogP contribution in [0.2, 0.25) is 0 Å². The molecule has 3 aromatic rings. The van der Waals surface area contributed by atoms with E-state index >= 15 is 4.57 Å². The molecule has 0 bridgehead atoms. The van der Waals surface area contributed by atoms with Crippen molar-refractivity contribution >= 4 is 23.1 Å². The Morgan fingerprint density at radius 3 is 1.08 bits per heavy atom. The molecular weight excluding hydrogens is 497 g/mol. The zero-order chi connectivity index (χ0) is 27.5. The molecule has 3 atom stereocenters. The molecule has 0 heterocycles. The largest absolute Gasteiger partial charge is 0.475 e. The first-order valence-electron chi connectivity index (χ1n) is 12.5. The Balaban J connectivity index is 2.37. The minimum atomic E-state index is -3.82. The standard InChI is InChI=1S/C30H30N3O4P/c1-4-22(19-31)35-25-13-7-10-16-28(25)38(34,29-17-11-8-14-26(29)36-23(5-2)20-32)30-18-12-9-15-27(30)37-24(6-3)21-33/h7-18,22-24H,4-6H2,1-3H3. The fourth-order valence-corrected chi connectivity index (χ4v) is 6.88. The Kier molecular flexibility index (Phi) is 9.95. The summed E-state index contributed by atoms with van der Waals surface area (Å²) in [6.07, 6.45) is -0.907. The van der Waals surface area contributed by atoms with Crippen LogP contribution in [0, 0.1) is 34.0 Å². The molecule has 0 fully saturated rings. The molecule has 0 aliphatic heterocycles. The highest BCUT2D eigenvalue weighted by Gasteiger charge is 2.38. The van der Waals surface area contributed by atoms with Gasteiger partial charge in [0.1, 0.15) is 35.5 Å². The second-order valence-electron chi connectivity index (χ2n) is 8.44. The summed E-state index contributed by atoms with van der Waals surface area (Å²) in [5, 5.41) is 29.8. The van der Waals surface area contributed by atoms with Gasteiger partial charge in [0.25, 0.3) is 0 Å². The highest BCUT2D eigenvalue weighted by Crippen LogP contribution is 2.50. The van der Waals surface area contributed by atoms with Crippen molar-refractivity contribution in [3.05, 3.63) is 72.8 Å². The van der Waals surface area contributed by atoms with Crippen molar-refractivity contribution in [1.82, 2.24) is 0 Å². The van der Waals surface area contributed by atoms with Crippen molar-refractivity contribution in [3.8, 4) is 35.5 Å². The van der Waals surface area contributed by atoms with Crippen LogP contribution in [0.4, 0.5) is 0 Å². The third-order valence-corrected chi connectivity index (χ3v) is 9.11. The lowest BCUT2D eigenvalue weighted by molar-refractivity contribution is 0.253. The van der Waals surface area contributed by atoms with Gasteiger partial charge in [-0.15, -0.1) is 0 Å². The second kappa shape index (κ2) is 13.3. The highest BCUT2D eigenvalue weighted by atomic mass is 31.2. The van der Waals surface area contributed by atoms with Crippen LogP contribution in [0.3, 0.4) is 0 Å². The fourth-order valence-electron chi connectivity index (χ4n) is 3.90. The maximum Gasteiger partial charge on any atom is 0.184 e. The number of nitriles is 3. The molecule has 0 saturated carbocycles. The van der Waals surface area contributed by atoms with E-state index in [-0.39, 0.29) is 0 Å². The zero-order valence-corrected chi connectivity index (χ0v) is 22.6. The summed E-state index contributed by atoms with van der Waals surface area (Å²) in [6, 6.07) is 27.1. The molecule has 0 saturated heterocycles. The Morgan fingerprint density at radius 2 is 0.842 bits per heavy atom. The zero-order valence-electron chi connectivity index (χ0n) is 21.7. The van der Waals surface area contributed by atoms with Crippen LogP contribution in [-0.2, 0) is 4.57 Å². The Bertz CT molecular complexity index is 1250. The molecule has 0 aliphatic carbocycles. The van der Waals surface area contributed by atoms with E-state index in [2.05, 4.69) is 18.2 Å². The molecular formula is C30H30N3O4P. The van der Waals surface area contributed by atoms with Crippen molar-refractivity contribution in [1.29, 1.82) is 15.8 Å². The number of para-hydroxylation sites is 3. The van der Waals surface area contributed by atoms with E-state index in [0.29, 0.717) is 52.4 Å². The van der Waals surface area contributed by atoms with Gasteiger partial charge in [0.15, 0.2) is 25.5 Å². The first kappa shape index (κ1) is 28.3. The van der Waals surface area contributed by atoms with E-state index in [1.54, 1.807) is 72.8 Å². The Morgan fingerprint density at radius 1 is 0.579 bits per heavy atom. The summed E-state index contributed by atoms with van der Waals surface area (Å²) in [7, 11) is -3.82. The number of rotatable bonds is 12. The highest BCUT2D eigenvalue weighted by molar-refractivity contribution is 7.85. The second-order valence-corrected chi connectivity index (χ2v) is 11.1. The molecule has 0 radical (unpaired) electrons. The molecule has 0 aromatic heterocycles. The van der Waals surface area contributed by atoms with E-state index in [1.807, 2.05) is 20.8 Å². The maximum atomic E-state index is 15.7. The van der Waals surface area contributed by atoms with Gasteiger partial charge in [0.05, 0.1) is 15.9 Å². The average molecular weight is 528 g/mol. The smallest absolute Gasteiger partial charge is 0.184 e. The van der Waals surface area contributed by atoms with E-state index < -0.39 is 25.5 Å². The van der Waals surface area contributed by atoms with Crippen molar-refractivity contribution in [2.45, 2.75) is 58.3 Å². The minimum absolute atomic E-state index is 0.300. The van der Waals surface area contributed by atoms with E-state index in [9.17, 15) is 15.8 Å². The van der Waals surface area contributed by atoms with Crippen LogP contribution < -0.4 is 30.1 Å². The summed E-state index contributed by atoms with van der Waals surface area (Å²) in [6.45, 7) is 5.51. The molecule has 7 nitrogen and oxygen atoms in total. The van der Waals surface area contributed by atoms with Crippen LogP contribution in [0.5, 0.6) is 17.2 Å². The predicted molar refractivity (Wildman–Crippen MR) is 147 cm³/mol. The Hall–Kier alpha value is -4.24. The summed E-state index contributed by atoms with van der Waals surface area (Å²) in [5.41, 5.74) is 0. The lowest BCUT2D eigenvalue weighted by Gasteiger charge is -2.27. The van der Waals surface area contributed by atoms with Crippen LogP contribution in [0.1, 0.15) is 40.0 Å². The van der Waals surface area contributed by atoms with Crippen molar-refractivity contribution in [2.24, 2.45) is 0 Å². The van der Waals surface area contributed by atoms with Crippen LogP contribution in [-0.4, -0.2) is 18.3 Å². The monoisotopic (exact) mass is 527 g/mol.